The molecule has 5 nitrogen and oxygen atoms in total. The first-order valence-corrected chi connectivity index (χ1v) is 8.88. The lowest BCUT2D eigenvalue weighted by molar-refractivity contribution is -0.127. The SMILES string of the molecule is Cc1ccc(NC(=O)CN2C(=O)S/C(=C\c3cccs3)C2=O)cc1. The Kier molecular flexibility index (Phi) is 4.82. The molecule has 7 heteroatoms. The molecule has 1 saturated heterocycles. The number of anilines is 1. The van der Waals surface area contributed by atoms with Crippen molar-refractivity contribution in [3.05, 3.63) is 57.1 Å². The van der Waals surface area contributed by atoms with Gasteiger partial charge in [-0.3, -0.25) is 19.3 Å². The summed E-state index contributed by atoms with van der Waals surface area (Å²) in [5, 5.41) is 4.15. The highest BCUT2D eigenvalue weighted by Crippen LogP contribution is 2.32. The van der Waals surface area contributed by atoms with Crippen molar-refractivity contribution in [3.8, 4) is 0 Å². The van der Waals surface area contributed by atoms with Gasteiger partial charge in [-0.1, -0.05) is 23.8 Å². The van der Waals surface area contributed by atoms with Crippen molar-refractivity contribution in [1.82, 2.24) is 4.90 Å². The molecular weight excluding hydrogens is 344 g/mol. The van der Waals surface area contributed by atoms with Gasteiger partial charge in [0.1, 0.15) is 6.54 Å². The molecule has 1 aromatic carbocycles. The monoisotopic (exact) mass is 358 g/mol. The van der Waals surface area contributed by atoms with E-state index >= 15 is 0 Å². The molecule has 24 heavy (non-hydrogen) atoms. The van der Waals surface area contributed by atoms with Crippen LogP contribution in [0.25, 0.3) is 6.08 Å². The highest BCUT2D eigenvalue weighted by Gasteiger charge is 2.36. The largest absolute Gasteiger partial charge is 0.325 e. The Labute approximate surface area is 147 Å². The Bertz CT molecular complexity index is 811. The summed E-state index contributed by atoms with van der Waals surface area (Å²) in [5.41, 5.74) is 1.71. The maximum absolute atomic E-state index is 12.3. The number of hydrogen-bond acceptors (Lipinski definition) is 5. The molecule has 1 N–H and O–H groups in total. The van der Waals surface area contributed by atoms with Gasteiger partial charge in [-0.15, -0.1) is 11.3 Å². The molecule has 2 aromatic rings. The first-order chi connectivity index (χ1) is 11.5. The first kappa shape index (κ1) is 16.5. The molecule has 0 saturated carbocycles. The molecule has 1 aliphatic rings. The van der Waals surface area contributed by atoms with Gasteiger partial charge >= 0.3 is 0 Å². The van der Waals surface area contributed by atoms with E-state index in [1.165, 1.54) is 11.3 Å². The van der Waals surface area contributed by atoms with Crippen molar-refractivity contribution in [2.45, 2.75) is 6.92 Å². The smallest absolute Gasteiger partial charge is 0.294 e. The summed E-state index contributed by atoms with van der Waals surface area (Å²) in [5.74, 6) is -0.837. The molecule has 3 rings (SSSR count). The van der Waals surface area contributed by atoms with Crippen LogP contribution in [-0.2, 0) is 9.59 Å². The Balaban J connectivity index is 1.66. The average molecular weight is 358 g/mol. The van der Waals surface area contributed by atoms with Crippen molar-refractivity contribution in [2.75, 3.05) is 11.9 Å². The van der Waals surface area contributed by atoms with Crippen LogP contribution in [0.1, 0.15) is 10.4 Å². The summed E-state index contributed by atoms with van der Waals surface area (Å²) in [7, 11) is 0. The van der Waals surface area contributed by atoms with Crippen molar-refractivity contribution < 1.29 is 14.4 Å². The third-order valence-electron chi connectivity index (χ3n) is 3.33. The van der Waals surface area contributed by atoms with Crippen LogP contribution in [-0.4, -0.2) is 28.5 Å². The first-order valence-electron chi connectivity index (χ1n) is 7.18. The third-order valence-corrected chi connectivity index (χ3v) is 5.05. The maximum Gasteiger partial charge on any atom is 0.294 e. The average Bonchev–Trinajstić information content (AvgIpc) is 3.14. The molecule has 1 aromatic heterocycles. The number of thiophene rings is 1. The van der Waals surface area contributed by atoms with Gasteiger partial charge in [0.15, 0.2) is 0 Å². The second kappa shape index (κ2) is 7.02. The Morgan fingerprint density at radius 3 is 2.62 bits per heavy atom. The Morgan fingerprint density at radius 1 is 1.21 bits per heavy atom. The van der Waals surface area contributed by atoms with Crippen LogP contribution in [0.3, 0.4) is 0 Å². The fourth-order valence-electron chi connectivity index (χ4n) is 2.12. The fourth-order valence-corrected chi connectivity index (χ4v) is 3.68. The zero-order chi connectivity index (χ0) is 17.1. The predicted molar refractivity (Wildman–Crippen MR) is 96.8 cm³/mol. The molecule has 0 bridgehead atoms. The number of rotatable bonds is 4. The van der Waals surface area contributed by atoms with Crippen molar-refractivity contribution >= 4 is 51.9 Å². The quantitative estimate of drug-likeness (QED) is 0.846. The zero-order valence-corrected chi connectivity index (χ0v) is 14.4. The molecule has 122 valence electrons. The highest BCUT2D eigenvalue weighted by molar-refractivity contribution is 8.18. The molecule has 2 heterocycles. The van der Waals surface area contributed by atoms with E-state index in [4.69, 9.17) is 0 Å². The van der Waals surface area contributed by atoms with E-state index in [-0.39, 0.29) is 6.54 Å². The van der Waals surface area contributed by atoms with Gasteiger partial charge in [0.25, 0.3) is 11.1 Å². The zero-order valence-electron chi connectivity index (χ0n) is 12.8. The van der Waals surface area contributed by atoms with Gasteiger partial charge < -0.3 is 5.32 Å². The second-order valence-corrected chi connectivity index (χ2v) is 7.17. The van der Waals surface area contributed by atoms with Crippen LogP contribution in [0, 0.1) is 6.92 Å². The molecule has 3 amide bonds. The predicted octanol–water partition coefficient (Wildman–Crippen LogP) is 3.73. The van der Waals surface area contributed by atoms with Crippen LogP contribution in [0.15, 0.2) is 46.7 Å². The van der Waals surface area contributed by atoms with E-state index in [2.05, 4.69) is 5.32 Å². The van der Waals surface area contributed by atoms with Gasteiger partial charge in [0, 0.05) is 10.6 Å². The highest BCUT2D eigenvalue weighted by atomic mass is 32.2. The van der Waals surface area contributed by atoms with Gasteiger partial charge in [-0.25, -0.2) is 0 Å². The molecule has 1 fully saturated rings. The van der Waals surface area contributed by atoms with Crippen molar-refractivity contribution in [2.24, 2.45) is 0 Å². The third kappa shape index (κ3) is 3.74. The molecular formula is C17H14N2O3S2. The number of nitrogens with one attached hydrogen (secondary N) is 1. The van der Waals surface area contributed by atoms with E-state index in [9.17, 15) is 14.4 Å². The number of thioether (sulfide) groups is 1. The number of imide groups is 1. The standard InChI is InChI=1S/C17H14N2O3S2/c1-11-4-6-12(7-5-11)18-15(20)10-19-16(21)14(24-17(19)22)9-13-3-2-8-23-13/h2-9H,10H2,1H3,(H,18,20)/b14-9-. The lowest BCUT2D eigenvalue weighted by Crippen LogP contribution is -2.36. The summed E-state index contributed by atoms with van der Waals surface area (Å²) < 4.78 is 0. The van der Waals surface area contributed by atoms with E-state index in [1.54, 1.807) is 18.2 Å². The number of amides is 3. The number of aryl methyl sites for hydroxylation is 1. The lowest BCUT2D eigenvalue weighted by atomic mass is 10.2. The van der Waals surface area contributed by atoms with Gasteiger partial charge in [0.05, 0.1) is 4.91 Å². The number of hydrogen-bond donors (Lipinski definition) is 1. The fraction of sp³-hybridized carbons (Fsp3) is 0.118. The molecule has 0 spiro atoms. The van der Waals surface area contributed by atoms with Gasteiger partial charge in [-0.05, 0) is 48.3 Å². The molecule has 0 radical (unpaired) electrons. The van der Waals surface area contributed by atoms with Crippen LogP contribution in [0.2, 0.25) is 0 Å². The van der Waals surface area contributed by atoms with Crippen LogP contribution in [0.5, 0.6) is 0 Å². The Hall–Kier alpha value is -2.38. The van der Waals surface area contributed by atoms with Crippen LogP contribution in [0.4, 0.5) is 10.5 Å². The summed E-state index contributed by atoms with van der Waals surface area (Å²) in [4.78, 5) is 38.6. The molecule has 0 atom stereocenters. The second-order valence-electron chi connectivity index (χ2n) is 5.20. The maximum atomic E-state index is 12.3. The van der Waals surface area contributed by atoms with E-state index in [0.717, 1.165) is 27.1 Å². The number of nitrogens with zero attached hydrogens (tertiary/aromatic N) is 1. The van der Waals surface area contributed by atoms with E-state index in [1.807, 2.05) is 36.6 Å². The number of carbonyl (C=O) groups is 3. The Morgan fingerprint density at radius 2 is 1.96 bits per heavy atom. The molecule has 1 aliphatic heterocycles. The van der Waals surface area contributed by atoms with E-state index < -0.39 is 17.1 Å². The van der Waals surface area contributed by atoms with E-state index in [0.29, 0.717) is 10.6 Å². The van der Waals surface area contributed by atoms with Crippen LogP contribution < -0.4 is 5.32 Å². The summed E-state index contributed by atoms with van der Waals surface area (Å²) >= 11 is 2.34. The van der Waals surface area contributed by atoms with Gasteiger partial charge in [-0.2, -0.15) is 0 Å². The minimum atomic E-state index is -0.433. The minimum Gasteiger partial charge on any atom is -0.325 e. The molecule has 0 aliphatic carbocycles. The van der Waals surface area contributed by atoms with Crippen molar-refractivity contribution in [1.29, 1.82) is 0 Å². The van der Waals surface area contributed by atoms with Crippen molar-refractivity contribution in [3.63, 3.8) is 0 Å². The van der Waals surface area contributed by atoms with Crippen LogP contribution >= 0.6 is 23.1 Å². The molecule has 0 unspecified atom stereocenters. The number of carbonyl (C=O) groups excluding carboxylic acids is 3. The summed E-state index contributed by atoms with van der Waals surface area (Å²) in [6.45, 7) is 1.66. The van der Waals surface area contributed by atoms with Gasteiger partial charge in [0.2, 0.25) is 5.91 Å². The topological polar surface area (TPSA) is 66.5 Å². The summed E-state index contributed by atoms with van der Waals surface area (Å²) in [6, 6.07) is 11.0. The number of benzene rings is 1. The normalized spacial score (nSPS) is 16.0. The minimum absolute atomic E-state index is 0.291. The lowest BCUT2D eigenvalue weighted by Gasteiger charge is -2.12. The summed E-state index contributed by atoms with van der Waals surface area (Å²) in [6.07, 6.45) is 1.67.